The Bertz CT molecular complexity index is 909. The average molecular weight is 363 g/mol. The number of nitrogens with zero attached hydrogens (tertiary/aromatic N) is 6. The fraction of sp³-hybridized carbons (Fsp3) is 0.350. The minimum absolute atomic E-state index is 0.509. The summed E-state index contributed by atoms with van der Waals surface area (Å²) < 4.78 is 3.77. The van der Waals surface area contributed by atoms with Crippen molar-refractivity contribution in [1.29, 1.82) is 0 Å². The molecule has 1 atom stereocenters. The number of nitrogens with one attached hydrogen (secondary N) is 1. The first-order valence-electron chi connectivity index (χ1n) is 9.27. The maximum Gasteiger partial charge on any atom is 0.193 e. The summed E-state index contributed by atoms with van der Waals surface area (Å²) in [6, 6.07) is 12.2. The van der Waals surface area contributed by atoms with Crippen molar-refractivity contribution in [2.45, 2.75) is 18.9 Å². The van der Waals surface area contributed by atoms with Gasteiger partial charge in [0.05, 0.1) is 24.1 Å². The van der Waals surface area contributed by atoms with Crippen LogP contribution in [0.25, 0.3) is 5.69 Å². The predicted molar refractivity (Wildman–Crippen MR) is 106 cm³/mol. The maximum atomic E-state index is 4.65. The third-order valence-electron chi connectivity index (χ3n) is 4.99. The molecule has 2 aromatic heterocycles. The Labute approximate surface area is 159 Å². The molecule has 1 unspecified atom stereocenters. The van der Waals surface area contributed by atoms with Gasteiger partial charge in [-0.2, -0.15) is 10.2 Å². The number of hydrogen-bond donors (Lipinski definition) is 1. The molecule has 0 saturated carbocycles. The SMILES string of the molecule is CN=C(NCc1ccn(-c2ccccc2)n1)N1CCC(c2cnn(C)c2)C1. The van der Waals surface area contributed by atoms with E-state index in [1.807, 2.05) is 72.3 Å². The molecular formula is C20H25N7. The molecule has 0 radical (unpaired) electrons. The van der Waals surface area contributed by atoms with Crippen molar-refractivity contribution in [3.63, 3.8) is 0 Å². The summed E-state index contributed by atoms with van der Waals surface area (Å²) in [6.07, 6.45) is 7.19. The summed E-state index contributed by atoms with van der Waals surface area (Å²) in [5.41, 5.74) is 3.35. The van der Waals surface area contributed by atoms with Crippen LogP contribution >= 0.6 is 0 Å². The van der Waals surface area contributed by atoms with Gasteiger partial charge in [0.2, 0.25) is 0 Å². The van der Waals surface area contributed by atoms with Gasteiger partial charge in [0.15, 0.2) is 5.96 Å². The molecule has 1 aromatic carbocycles. The molecule has 4 rings (SSSR count). The lowest BCUT2D eigenvalue weighted by molar-refractivity contribution is 0.485. The number of para-hydroxylation sites is 1. The number of rotatable bonds is 4. The van der Waals surface area contributed by atoms with E-state index in [-0.39, 0.29) is 0 Å². The Morgan fingerprint density at radius 3 is 2.85 bits per heavy atom. The van der Waals surface area contributed by atoms with Gasteiger partial charge in [-0.25, -0.2) is 4.68 Å². The number of aromatic nitrogens is 4. The normalized spacial score (nSPS) is 17.5. The van der Waals surface area contributed by atoms with Crippen LogP contribution in [0.15, 0.2) is 60.0 Å². The van der Waals surface area contributed by atoms with Crippen molar-refractivity contribution in [3.8, 4) is 5.69 Å². The fourth-order valence-electron chi connectivity index (χ4n) is 3.56. The van der Waals surface area contributed by atoms with Crippen molar-refractivity contribution in [3.05, 3.63) is 66.2 Å². The zero-order valence-electron chi connectivity index (χ0n) is 15.8. The smallest absolute Gasteiger partial charge is 0.193 e. The molecule has 7 nitrogen and oxygen atoms in total. The second kappa shape index (κ2) is 7.65. The minimum atomic E-state index is 0.509. The van der Waals surface area contributed by atoms with Crippen molar-refractivity contribution in [2.75, 3.05) is 20.1 Å². The zero-order chi connectivity index (χ0) is 18.6. The Hall–Kier alpha value is -3.09. The van der Waals surface area contributed by atoms with Crippen LogP contribution in [0, 0.1) is 0 Å². The van der Waals surface area contributed by atoms with Crippen LogP contribution in [-0.4, -0.2) is 50.6 Å². The number of likely N-dealkylation sites (tertiary alicyclic amines) is 1. The second-order valence-corrected chi connectivity index (χ2v) is 6.87. The lowest BCUT2D eigenvalue weighted by atomic mass is 10.0. The highest BCUT2D eigenvalue weighted by molar-refractivity contribution is 5.80. The highest BCUT2D eigenvalue weighted by atomic mass is 15.3. The van der Waals surface area contributed by atoms with Gasteiger partial charge in [-0.1, -0.05) is 18.2 Å². The second-order valence-electron chi connectivity index (χ2n) is 6.87. The highest BCUT2D eigenvalue weighted by Crippen LogP contribution is 2.26. The molecule has 1 aliphatic rings. The molecule has 7 heteroatoms. The Morgan fingerprint density at radius 2 is 2.11 bits per heavy atom. The Kier molecular flexibility index (Phi) is 4.91. The van der Waals surface area contributed by atoms with E-state index < -0.39 is 0 Å². The van der Waals surface area contributed by atoms with Crippen LogP contribution in [0.1, 0.15) is 23.6 Å². The average Bonchev–Trinajstić information content (AvgIpc) is 3.44. The molecule has 1 saturated heterocycles. The van der Waals surface area contributed by atoms with Crippen molar-refractivity contribution in [1.82, 2.24) is 29.8 Å². The topological polar surface area (TPSA) is 63.3 Å². The molecule has 140 valence electrons. The van der Waals surface area contributed by atoms with E-state index >= 15 is 0 Å². The van der Waals surface area contributed by atoms with E-state index in [2.05, 4.69) is 31.6 Å². The number of guanidine groups is 1. The van der Waals surface area contributed by atoms with E-state index in [4.69, 9.17) is 0 Å². The van der Waals surface area contributed by atoms with Crippen molar-refractivity contribution >= 4 is 5.96 Å². The molecule has 0 aliphatic carbocycles. The summed E-state index contributed by atoms with van der Waals surface area (Å²) in [5.74, 6) is 1.44. The van der Waals surface area contributed by atoms with Gasteiger partial charge in [-0.05, 0) is 30.2 Å². The van der Waals surface area contributed by atoms with E-state index in [1.54, 1.807) is 0 Å². The number of aliphatic imine (C=N–C) groups is 1. The lowest BCUT2D eigenvalue weighted by Gasteiger charge is -2.21. The Balaban J connectivity index is 1.36. The van der Waals surface area contributed by atoms with Crippen LogP contribution in [0.4, 0.5) is 0 Å². The fourth-order valence-corrected chi connectivity index (χ4v) is 3.56. The summed E-state index contributed by atoms with van der Waals surface area (Å²) in [4.78, 5) is 6.77. The Morgan fingerprint density at radius 1 is 1.26 bits per heavy atom. The third-order valence-corrected chi connectivity index (χ3v) is 4.99. The third kappa shape index (κ3) is 3.86. The van der Waals surface area contributed by atoms with E-state index in [1.165, 1.54) is 5.56 Å². The molecule has 3 aromatic rings. The predicted octanol–water partition coefficient (Wildman–Crippen LogP) is 2.17. The van der Waals surface area contributed by atoms with Gasteiger partial charge in [0.1, 0.15) is 0 Å². The highest BCUT2D eigenvalue weighted by Gasteiger charge is 2.26. The standard InChI is InChI=1S/C20H25N7/c1-21-20(26-10-8-16(15-26)17-12-23-25(2)14-17)22-13-18-9-11-27(24-18)19-6-4-3-5-7-19/h3-7,9,11-12,14,16H,8,10,13,15H2,1-2H3,(H,21,22). The van der Waals surface area contributed by atoms with Gasteiger partial charge in [0.25, 0.3) is 0 Å². The first kappa shape index (κ1) is 17.3. The van der Waals surface area contributed by atoms with E-state index in [9.17, 15) is 0 Å². The first-order valence-corrected chi connectivity index (χ1v) is 9.27. The summed E-state index contributed by atoms with van der Waals surface area (Å²) in [6.45, 7) is 2.61. The van der Waals surface area contributed by atoms with Gasteiger partial charge in [-0.3, -0.25) is 9.67 Å². The molecule has 1 fully saturated rings. The zero-order valence-corrected chi connectivity index (χ0v) is 15.8. The van der Waals surface area contributed by atoms with Gasteiger partial charge in [0, 0.05) is 45.5 Å². The molecule has 1 aliphatic heterocycles. The van der Waals surface area contributed by atoms with Gasteiger partial charge in [-0.15, -0.1) is 0 Å². The van der Waals surface area contributed by atoms with Crippen molar-refractivity contribution in [2.24, 2.45) is 12.0 Å². The summed E-state index contributed by atoms with van der Waals surface area (Å²) in [5, 5.41) is 12.4. The van der Waals surface area contributed by atoms with Crippen LogP contribution in [-0.2, 0) is 13.6 Å². The van der Waals surface area contributed by atoms with Gasteiger partial charge >= 0.3 is 0 Å². The molecular weight excluding hydrogens is 338 g/mol. The molecule has 1 N–H and O–H groups in total. The quantitative estimate of drug-likeness (QED) is 0.570. The summed E-state index contributed by atoms with van der Waals surface area (Å²) in [7, 11) is 3.80. The minimum Gasteiger partial charge on any atom is -0.351 e. The molecule has 0 bridgehead atoms. The largest absolute Gasteiger partial charge is 0.351 e. The van der Waals surface area contributed by atoms with Crippen LogP contribution in [0.2, 0.25) is 0 Å². The number of hydrogen-bond acceptors (Lipinski definition) is 3. The van der Waals surface area contributed by atoms with E-state index in [0.29, 0.717) is 12.5 Å². The summed E-state index contributed by atoms with van der Waals surface area (Å²) >= 11 is 0. The van der Waals surface area contributed by atoms with Crippen LogP contribution in [0.3, 0.4) is 0 Å². The first-order chi connectivity index (χ1) is 13.2. The van der Waals surface area contributed by atoms with Crippen LogP contribution < -0.4 is 5.32 Å². The molecule has 0 spiro atoms. The number of benzene rings is 1. The van der Waals surface area contributed by atoms with Crippen molar-refractivity contribution < 1.29 is 0 Å². The lowest BCUT2D eigenvalue weighted by Crippen LogP contribution is -2.39. The monoisotopic (exact) mass is 363 g/mol. The molecule has 0 amide bonds. The van der Waals surface area contributed by atoms with Crippen LogP contribution in [0.5, 0.6) is 0 Å². The van der Waals surface area contributed by atoms with E-state index in [0.717, 1.165) is 36.9 Å². The number of aryl methyl sites for hydroxylation is 1. The molecule has 27 heavy (non-hydrogen) atoms. The maximum absolute atomic E-state index is 4.65. The van der Waals surface area contributed by atoms with Gasteiger partial charge < -0.3 is 10.2 Å². The molecule has 3 heterocycles.